The lowest BCUT2D eigenvalue weighted by Gasteiger charge is -2.17. The Morgan fingerprint density at radius 2 is 1.94 bits per heavy atom. The number of carbonyl (C=O) groups is 2. The third-order valence-corrected chi connectivity index (χ3v) is 6.40. The van der Waals surface area contributed by atoms with Crippen molar-refractivity contribution < 1.29 is 19.1 Å². The third-order valence-electron chi connectivity index (χ3n) is 4.77. The number of rotatable bonds is 4. The molecule has 1 N–H and O–H groups in total. The molecule has 1 saturated heterocycles. The molecule has 4 rings (SSSR count). The third kappa shape index (κ3) is 4.17. The lowest BCUT2D eigenvalue weighted by molar-refractivity contribution is -0.113. The van der Waals surface area contributed by atoms with Crippen molar-refractivity contribution in [3.8, 4) is 11.3 Å². The van der Waals surface area contributed by atoms with Gasteiger partial charge in [-0.25, -0.2) is 4.79 Å². The lowest BCUT2D eigenvalue weighted by atomic mass is 10.1. The van der Waals surface area contributed by atoms with Gasteiger partial charge in [0.05, 0.1) is 21.2 Å². The van der Waals surface area contributed by atoms with E-state index in [9.17, 15) is 14.7 Å². The van der Waals surface area contributed by atoms with E-state index in [0.717, 1.165) is 16.8 Å². The molecular formula is C23H16ClNO4S2. The summed E-state index contributed by atoms with van der Waals surface area (Å²) in [4.78, 5) is 26.3. The number of anilines is 1. The fourth-order valence-corrected chi connectivity index (χ4v) is 4.75. The topological polar surface area (TPSA) is 70.8 Å². The summed E-state index contributed by atoms with van der Waals surface area (Å²) in [6, 6.07) is 13.9. The molecule has 1 aliphatic rings. The molecule has 1 aromatic heterocycles. The predicted octanol–water partition coefficient (Wildman–Crippen LogP) is 6.32. The maximum absolute atomic E-state index is 13.0. The van der Waals surface area contributed by atoms with Crippen LogP contribution in [0.15, 0.2) is 57.9 Å². The Balaban J connectivity index is 1.63. The monoisotopic (exact) mass is 469 g/mol. The molecule has 0 atom stereocenters. The highest BCUT2D eigenvalue weighted by atomic mass is 35.5. The van der Waals surface area contributed by atoms with Crippen LogP contribution in [0.25, 0.3) is 17.4 Å². The summed E-state index contributed by atoms with van der Waals surface area (Å²) < 4.78 is 6.29. The van der Waals surface area contributed by atoms with E-state index in [1.807, 2.05) is 32.0 Å². The molecule has 156 valence electrons. The van der Waals surface area contributed by atoms with E-state index in [0.29, 0.717) is 26.3 Å². The minimum Gasteiger partial charge on any atom is -0.478 e. The average Bonchev–Trinajstić information content (AvgIpc) is 3.28. The number of amides is 1. The van der Waals surface area contributed by atoms with Crippen LogP contribution in [0, 0.1) is 13.8 Å². The molecule has 0 spiro atoms. The molecule has 2 aromatic carbocycles. The number of aromatic carboxylic acids is 1. The van der Waals surface area contributed by atoms with Crippen molar-refractivity contribution in [2.24, 2.45) is 0 Å². The lowest BCUT2D eigenvalue weighted by Crippen LogP contribution is -2.28. The zero-order valence-corrected chi connectivity index (χ0v) is 18.9. The summed E-state index contributed by atoms with van der Waals surface area (Å²) in [6.07, 6.45) is 1.64. The number of carboxylic acid groups (broad SMARTS) is 1. The van der Waals surface area contributed by atoms with E-state index in [1.54, 1.807) is 24.3 Å². The van der Waals surface area contributed by atoms with E-state index >= 15 is 0 Å². The van der Waals surface area contributed by atoms with Gasteiger partial charge in [-0.1, -0.05) is 53.3 Å². The average molecular weight is 470 g/mol. The Morgan fingerprint density at radius 3 is 2.65 bits per heavy atom. The molecule has 0 bridgehead atoms. The van der Waals surface area contributed by atoms with E-state index in [1.165, 1.54) is 28.8 Å². The number of aryl methyl sites for hydroxylation is 2. The summed E-state index contributed by atoms with van der Waals surface area (Å²) in [6.45, 7) is 3.94. The highest BCUT2D eigenvalue weighted by Gasteiger charge is 2.34. The van der Waals surface area contributed by atoms with E-state index in [4.69, 9.17) is 28.2 Å². The predicted molar refractivity (Wildman–Crippen MR) is 128 cm³/mol. The Morgan fingerprint density at radius 1 is 1.16 bits per heavy atom. The Hall–Kier alpha value is -2.87. The standard InChI is InChI=1S/C23H16ClNO4S2/c1-12-3-7-18(13(2)9-12)25-21(26)20(31-23(25)30)11-15-5-8-19(29-15)14-4-6-17(24)16(10-14)22(27)28/h3-11H,1-2H3,(H,27,28)/b20-11+. The second-order valence-corrected chi connectivity index (χ2v) is 9.09. The molecule has 8 heteroatoms. The van der Waals surface area contributed by atoms with Gasteiger partial charge in [0.2, 0.25) is 0 Å². The van der Waals surface area contributed by atoms with Crippen molar-refractivity contribution in [3.05, 3.63) is 80.9 Å². The molecule has 5 nitrogen and oxygen atoms in total. The number of thioether (sulfide) groups is 1. The normalized spacial score (nSPS) is 15.2. The molecule has 0 saturated carbocycles. The largest absolute Gasteiger partial charge is 0.478 e. The van der Waals surface area contributed by atoms with Crippen molar-refractivity contribution in [3.63, 3.8) is 0 Å². The smallest absolute Gasteiger partial charge is 0.337 e. The number of carboxylic acids is 1. The number of hydrogen-bond donors (Lipinski definition) is 1. The minimum atomic E-state index is -1.12. The first-order valence-corrected chi connectivity index (χ1v) is 10.8. The van der Waals surface area contributed by atoms with Crippen LogP contribution in [0.5, 0.6) is 0 Å². The van der Waals surface area contributed by atoms with Crippen LogP contribution in [-0.4, -0.2) is 21.3 Å². The van der Waals surface area contributed by atoms with E-state index < -0.39 is 5.97 Å². The molecule has 1 amide bonds. The number of benzene rings is 2. The van der Waals surface area contributed by atoms with Crippen molar-refractivity contribution >= 4 is 63.5 Å². The zero-order chi connectivity index (χ0) is 22.3. The van der Waals surface area contributed by atoms with Gasteiger partial charge >= 0.3 is 5.97 Å². The second kappa shape index (κ2) is 8.34. The molecule has 3 aromatic rings. The zero-order valence-electron chi connectivity index (χ0n) is 16.5. The molecule has 1 aliphatic heterocycles. The van der Waals surface area contributed by atoms with Gasteiger partial charge in [0, 0.05) is 11.6 Å². The fourth-order valence-electron chi connectivity index (χ4n) is 3.29. The second-order valence-electron chi connectivity index (χ2n) is 7.01. The summed E-state index contributed by atoms with van der Waals surface area (Å²) in [7, 11) is 0. The van der Waals surface area contributed by atoms with Gasteiger partial charge in [-0.2, -0.15) is 0 Å². The van der Waals surface area contributed by atoms with Crippen LogP contribution in [-0.2, 0) is 4.79 Å². The molecule has 0 aliphatic carbocycles. The first-order chi connectivity index (χ1) is 14.7. The maximum atomic E-state index is 13.0. The van der Waals surface area contributed by atoms with Crippen LogP contribution in [0.3, 0.4) is 0 Å². The van der Waals surface area contributed by atoms with Crippen LogP contribution in [0.2, 0.25) is 5.02 Å². The van der Waals surface area contributed by atoms with Crippen LogP contribution >= 0.6 is 35.6 Å². The first kappa shape index (κ1) is 21.4. The number of carbonyl (C=O) groups excluding carboxylic acids is 1. The minimum absolute atomic E-state index is 0.00791. The SMILES string of the molecule is Cc1ccc(N2C(=O)/C(=C\c3ccc(-c4ccc(Cl)c(C(=O)O)c4)o3)SC2=S)c(C)c1. The van der Waals surface area contributed by atoms with Gasteiger partial charge in [-0.15, -0.1) is 0 Å². The fraction of sp³-hybridized carbons (Fsp3) is 0.0870. The first-order valence-electron chi connectivity index (χ1n) is 9.23. The summed E-state index contributed by atoms with van der Waals surface area (Å²) in [5, 5.41) is 9.41. The van der Waals surface area contributed by atoms with Crippen LogP contribution < -0.4 is 4.90 Å². The molecule has 31 heavy (non-hydrogen) atoms. The van der Waals surface area contributed by atoms with Crippen molar-refractivity contribution in [2.45, 2.75) is 13.8 Å². The van der Waals surface area contributed by atoms with Crippen LogP contribution in [0.1, 0.15) is 27.2 Å². The van der Waals surface area contributed by atoms with Gasteiger partial charge in [0.1, 0.15) is 11.5 Å². The molecule has 0 unspecified atom stereocenters. The number of thiocarbonyl (C=S) groups is 1. The van der Waals surface area contributed by atoms with Crippen LogP contribution in [0.4, 0.5) is 5.69 Å². The number of nitrogens with zero attached hydrogens (tertiary/aromatic N) is 1. The molecule has 1 fully saturated rings. The van der Waals surface area contributed by atoms with Crippen molar-refractivity contribution in [1.82, 2.24) is 0 Å². The molecule has 2 heterocycles. The van der Waals surface area contributed by atoms with Gasteiger partial charge in [-0.05, 0) is 55.8 Å². The van der Waals surface area contributed by atoms with Crippen molar-refractivity contribution in [2.75, 3.05) is 4.90 Å². The summed E-state index contributed by atoms with van der Waals surface area (Å²) >= 11 is 12.6. The highest BCUT2D eigenvalue weighted by molar-refractivity contribution is 8.27. The van der Waals surface area contributed by atoms with E-state index in [-0.39, 0.29) is 16.5 Å². The van der Waals surface area contributed by atoms with Crippen molar-refractivity contribution in [1.29, 1.82) is 0 Å². The molecule has 0 radical (unpaired) electrons. The molecular weight excluding hydrogens is 454 g/mol. The van der Waals surface area contributed by atoms with Gasteiger partial charge in [0.15, 0.2) is 4.32 Å². The number of halogens is 1. The van der Waals surface area contributed by atoms with E-state index in [2.05, 4.69) is 0 Å². The van der Waals surface area contributed by atoms with Gasteiger partial charge < -0.3 is 9.52 Å². The Bertz CT molecular complexity index is 1280. The number of furan rings is 1. The Labute approximate surface area is 193 Å². The summed E-state index contributed by atoms with van der Waals surface area (Å²) in [5.41, 5.74) is 3.41. The Kier molecular flexibility index (Phi) is 5.75. The highest BCUT2D eigenvalue weighted by Crippen LogP contribution is 2.38. The maximum Gasteiger partial charge on any atom is 0.337 e. The number of hydrogen-bond acceptors (Lipinski definition) is 5. The quantitative estimate of drug-likeness (QED) is 0.356. The summed E-state index contributed by atoms with van der Waals surface area (Å²) in [5.74, 6) is -0.397. The van der Waals surface area contributed by atoms with Gasteiger partial charge in [0.25, 0.3) is 5.91 Å². The van der Waals surface area contributed by atoms with Gasteiger partial charge in [-0.3, -0.25) is 9.69 Å².